The predicted molar refractivity (Wildman–Crippen MR) is 81.3 cm³/mol. The highest BCUT2D eigenvalue weighted by Gasteiger charge is 2.37. The van der Waals surface area contributed by atoms with Gasteiger partial charge in [-0.15, -0.1) is 0 Å². The normalized spacial score (nSPS) is 18.0. The van der Waals surface area contributed by atoms with Gasteiger partial charge in [-0.2, -0.15) is 0 Å². The molecule has 0 radical (unpaired) electrons. The van der Waals surface area contributed by atoms with E-state index in [1.807, 2.05) is 6.07 Å². The minimum absolute atomic E-state index is 0.0950. The molecule has 0 amide bonds. The molecule has 1 fully saturated rings. The minimum Gasteiger partial charge on any atom is -0.496 e. The number of nitrogens with two attached hydrogens (primary N) is 1. The summed E-state index contributed by atoms with van der Waals surface area (Å²) in [6, 6.07) is 4.02. The topological polar surface area (TPSA) is 35.2 Å². The average molecular weight is 282 g/mol. The molecule has 0 aromatic heterocycles. The standard InChI is InChI=1S/C16H24ClNO/c1-11(2)15-13(8-12(17)9-14(15)19-3)16(10-18)6-4-5-7-16/h8-9,11H,4-7,10,18H2,1-3H3. The van der Waals surface area contributed by atoms with Crippen LogP contribution in [0.4, 0.5) is 0 Å². The Hall–Kier alpha value is -0.730. The van der Waals surface area contributed by atoms with Crippen molar-refractivity contribution in [3.05, 3.63) is 28.3 Å². The van der Waals surface area contributed by atoms with E-state index in [9.17, 15) is 0 Å². The Balaban J connectivity index is 2.63. The molecule has 1 aromatic carbocycles. The van der Waals surface area contributed by atoms with Crippen LogP contribution in [0.5, 0.6) is 5.75 Å². The number of hydrogen-bond donors (Lipinski definition) is 1. The Bertz CT molecular complexity index is 450. The first-order valence-corrected chi connectivity index (χ1v) is 7.50. The maximum absolute atomic E-state index is 6.28. The summed E-state index contributed by atoms with van der Waals surface area (Å²) in [6.45, 7) is 5.10. The van der Waals surface area contributed by atoms with Crippen molar-refractivity contribution in [1.29, 1.82) is 0 Å². The van der Waals surface area contributed by atoms with Crippen LogP contribution in [-0.2, 0) is 5.41 Å². The van der Waals surface area contributed by atoms with Crippen molar-refractivity contribution in [2.24, 2.45) is 5.73 Å². The van der Waals surface area contributed by atoms with Crippen molar-refractivity contribution >= 4 is 11.6 Å². The van der Waals surface area contributed by atoms with Crippen LogP contribution in [0.3, 0.4) is 0 Å². The number of rotatable bonds is 4. The SMILES string of the molecule is COc1cc(Cl)cc(C2(CN)CCCC2)c1C(C)C. The molecule has 0 aliphatic heterocycles. The molecule has 1 aromatic rings. The van der Waals surface area contributed by atoms with Gasteiger partial charge in [0, 0.05) is 22.5 Å². The van der Waals surface area contributed by atoms with Crippen molar-refractivity contribution in [3.63, 3.8) is 0 Å². The molecule has 0 heterocycles. The van der Waals surface area contributed by atoms with Gasteiger partial charge in [-0.25, -0.2) is 0 Å². The Morgan fingerprint density at radius 2 is 1.95 bits per heavy atom. The highest BCUT2D eigenvalue weighted by Crippen LogP contribution is 2.46. The van der Waals surface area contributed by atoms with Gasteiger partial charge >= 0.3 is 0 Å². The van der Waals surface area contributed by atoms with Crippen LogP contribution in [0.1, 0.15) is 56.6 Å². The van der Waals surface area contributed by atoms with E-state index in [0.717, 1.165) is 23.6 Å². The fourth-order valence-electron chi connectivity index (χ4n) is 3.43. The number of ether oxygens (including phenoxy) is 1. The third-order valence-electron chi connectivity index (χ3n) is 4.43. The number of methoxy groups -OCH3 is 1. The van der Waals surface area contributed by atoms with E-state index in [2.05, 4.69) is 19.9 Å². The van der Waals surface area contributed by atoms with Gasteiger partial charge in [-0.05, 0) is 36.5 Å². The summed E-state index contributed by atoms with van der Waals surface area (Å²) in [7, 11) is 1.71. The Kier molecular flexibility index (Phi) is 4.42. The van der Waals surface area contributed by atoms with E-state index in [-0.39, 0.29) is 5.41 Å². The largest absolute Gasteiger partial charge is 0.496 e. The van der Waals surface area contributed by atoms with Crippen LogP contribution in [-0.4, -0.2) is 13.7 Å². The molecule has 3 heteroatoms. The number of hydrogen-bond acceptors (Lipinski definition) is 2. The van der Waals surface area contributed by atoms with E-state index < -0.39 is 0 Å². The van der Waals surface area contributed by atoms with Crippen molar-refractivity contribution in [2.75, 3.05) is 13.7 Å². The quantitative estimate of drug-likeness (QED) is 0.896. The first-order valence-electron chi connectivity index (χ1n) is 7.12. The molecule has 0 unspecified atom stereocenters. The third-order valence-corrected chi connectivity index (χ3v) is 4.65. The van der Waals surface area contributed by atoms with Gasteiger partial charge in [0.2, 0.25) is 0 Å². The van der Waals surface area contributed by atoms with Crippen LogP contribution in [0.25, 0.3) is 0 Å². The summed E-state index contributed by atoms with van der Waals surface area (Å²) in [4.78, 5) is 0. The summed E-state index contributed by atoms with van der Waals surface area (Å²) in [5.41, 5.74) is 8.81. The molecule has 0 spiro atoms. The van der Waals surface area contributed by atoms with Crippen molar-refractivity contribution < 1.29 is 4.74 Å². The summed E-state index contributed by atoms with van der Waals surface area (Å²) in [5, 5.41) is 0.746. The van der Waals surface area contributed by atoms with Gasteiger partial charge in [0.05, 0.1) is 7.11 Å². The van der Waals surface area contributed by atoms with Crippen molar-refractivity contribution in [2.45, 2.75) is 50.9 Å². The second-order valence-electron chi connectivity index (χ2n) is 5.92. The zero-order valence-electron chi connectivity index (χ0n) is 12.1. The summed E-state index contributed by atoms with van der Waals surface area (Å²) in [6.07, 6.45) is 4.83. The number of benzene rings is 1. The van der Waals surface area contributed by atoms with Crippen molar-refractivity contribution in [3.8, 4) is 5.75 Å². The lowest BCUT2D eigenvalue weighted by molar-refractivity contribution is 0.397. The fourth-order valence-corrected chi connectivity index (χ4v) is 3.64. The van der Waals surface area contributed by atoms with E-state index in [0.29, 0.717) is 12.5 Å². The second kappa shape index (κ2) is 5.72. The maximum atomic E-state index is 6.28. The Labute approximate surface area is 121 Å². The minimum atomic E-state index is 0.0950. The first kappa shape index (κ1) is 14.7. The van der Waals surface area contributed by atoms with Crippen LogP contribution in [0.15, 0.2) is 12.1 Å². The molecular formula is C16H24ClNO. The zero-order chi connectivity index (χ0) is 14.0. The lowest BCUT2D eigenvalue weighted by atomic mass is 9.74. The third kappa shape index (κ3) is 2.61. The van der Waals surface area contributed by atoms with Gasteiger partial charge in [-0.3, -0.25) is 0 Å². The van der Waals surface area contributed by atoms with E-state index in [4.69, 9.17) is 22.1 Å². The molecule has 1 saturated carbocycles. The molecule has 1 aliphatic rings. The highest BCUT2D eigenvalue weighted by molar-refractivity contribution is 6.30. The van der Waals surface area contributed by atoms with Crippen molar-refractivity contribution in [1.82, 2.24) is 0 Å². The van der Waals surface area contributed by atoms with E-state index in [1.54, 1.807) is 7.11 Å². The highest BCUT2D eigenvalue weighted by atomic mass is 35.5. The van der Waals surface area contributed by atoms with E-state index >= 15 is 0 Å². The van der Waals surface area contributed by atoms with Crippen LogP contribution < -0.4 is 10.5 Å². The Morgan fingerprint density at radius 1 is 1.32 bits per heavy atom. The molecule has 1 aliphatic carbocycles. The van der Waals surface area contributed by atoms with E-state index in [1.165, 1.54) is 24.0 Å². The van der Waals surface area contributed by atoms with Crippen LogP contribution >= 0.6 is 11.6 Å². The predicted octanol–water partition coefficient (Wildman–Crippen LogP) is 4.24. The fraction of sp³-hybridized carbons (Fsp3) is 0.625. The van der Waals surface area contributed by atoms with Gasteiger partial charge in [-0.1, -0.05) is 38.3 Å². The summed E-state index contributed by atoms with van der Waals surface area (Å²) >= 11 is 6.28. The van der Waals surface area contributed by atoms with Crippen LogP contribution in [0, 0.1) is 0 Å². The lowest BCUT2D eigenvalue weighted by Gasteiger charge is -2.32. The molecule has 2 rings (SSSR count). The maximum Gasteiger partial charge on any atom is 0.124 e. The molecule has 0 bridgehead atoms. The molecule has 0 saturated heterocycles. The first-order chi connectivity index (χ1) is 9.04. The second-order valence-corrected chi connectivity index (χ2v) is 6.35. The molecule has 19 heavy (non-hydrogen) atoms. The molecule has 2 nitrogen and oxygen atoms in total. The Morgan fingerprint density at radius 3 is 2.42 bits per heavy atom. The van der Waals surface area contributed by atoms with Crippen LogP contribution in [0.2, 0.25) is 5.02 Å². The molecule has 106 valence electrons. The van der Waals surface area contributed by atoms with Gasteiger partial charge in [0.25, 0.3) is 0 Å². The van der Waals surface area contributed by atoms with Gasteiger partial charge in [0.15, 0.2) is 0 Å². The monoisotopic (exact) mass is 281 g/mol. The van der Waals surface area contributed by atoms with Gasteiger partial charge < -0.3 is 10.5 Å². The molecular weight excluding hydrogens is 258 g/mol. The lowest BCUT2D eigenvalue weighted by Crippen LogP contribution is -2.33. The molecule has 0 atom stereocenters. The summed E-state index contributed by atoms with van der Waals surface area (Å²) in [5.74, 6) is 1.31. The smallest absolute Gasteiger partial charge is 0.124 e. The average Bonchev–Trinajstić information content (AvgIpc) is 2.87. The zero-order valence-corrected chi connectivity index (χ0v) is 12.9. The van der Waals surface area contributed by atoms with Gasteiger partial charge in [0.1, 0.15) is 5.75 Å². The molecule has 2 N–H and O–H groups in total. The number of halogens is 1. The summed E-state index contributed by atoms with van der Waals surface area (Å²) < 4.78 is 5.55.